The van der Waals surface area contributed by atoms with Crippen LogP contribution in [0.4, 0.5) is 10.1 Å². The average molecular weight is 401 g/mol. The molecule has 0 saturated carbocycles. The van der Waals surface area contributed by atoms with Gasteiger partial charge in [-0.2, -0.15) is 0 Å². The second-order valence-electron chi connectivity index (χ2n) is 7.38. The molecule has 0 spiro atoms. The number of thioether (sulfide) groups is 1. The van der Waals surface area contributed by atoms with Crippen LogP contribution in [0.25, 0.3) is 0 Å². The maximum Gasteiger partial charge on any atom is 0.241 e. The Morgan fingerprint density at radius 3 is 2.79 bits per heavy atom. The van der Waals surface area contributed by atoms with E-state index in [-0.39, 0.29) is 17.8 Å². The predicted molar refractivity (Wildman–Crippen MR) is 110 cm³/mol. The minimum atomic E-state index is -0.251. The molecule has 2 aromatic carbocycles. The number of ether oxygens (including phenoxy) is 1. The Balaban J connectivity index is 1.45. The number of para-hydroxylation sites is 1. The van der Waals surface area contributed by atoms with E-state index in [0.29, 0.717) is 24.9 Å². The van der Waals surface area contributed by atoms with Crippen LogP contribution >= 0.6 is 11.8 Å². The minimum absolute atomic E-state index is 0.127. The maximum absolute atomic E-state index is 13.2. The summed E-state index contributed by atoms with van der Waals surface area (Å²) in [5.41, 5.74) is 1.97. The molecule has 6 heteroatoms. The third kappa shape index (κ3) is 4.40. The van der Waals surface area contributed by atoms with Crippen LogP contribution in [0.3, 0.4) is 0 Å². The fraction of sp³-hybridized carbons (Fsp3) is 0.409. The summed E-state index contributed by atoms with van der Waals surface area (Å²) in [5.74, 6) is -0.125. The Hall–Kier alpha value is -1.89. The van der Waals surface area contributed by atoms with Gasteiger partial charge in [-0.1, -0.05) is 31.2 Å². The molecule has 2 aromatic rings. The molecule has 1 amide bonds. The Bertz CT molecular complexity index is 830. The molecule has 28 heavy (non-hydrogen) atoms. The van der Waals surface area contributed by atoms with E-state index in [1.807, 2.05) is 34.9 Å². The van der Waals surface area contributed by atoms with Crippen LogP contribution in [0, 0.1) is 5.82 Å². The van der Waals surface area contributed by atoms with E-state index in [4.69, 9.17) is 4.74 Å². The number of anilines is 1. The number of hydrogen-bond acceptors (Lipinski definition) is 4. The van der Waals surface area contributed by atoms with E-state index in [0.717, 1.165) is 30.8 Å². The molecular formula is C22H25FN2O2S. The summed E-state index contributed by atoms with van der Waals surface area (Å²) in [5, 5.41) is 0.491. The van der Waals surface area contributed by atoms with Crippen molar-refractivity contribution in [3.8, 4) is 0 Å². The van der Waals surface area contributed by atoms with E-state index in [9.17, 15) is 9.18 Å². The van der Waals surface area contributed by atoms with Gasteiger partial charge in [0, 0.05) is 29.8 Å². The van der Waals surface area contributed by atoms with Crippen LogP contribution in [0.15, 0.2) is 53.4 Å². The highest BCUT2D eigenvalue weighted by molar-refractivity contribution is 8.00. The molecule has 0 aromatic heterocycles. The van der Waals surface area contributed by atoms with E-state index in [1.165, 1.54) is 17.0 Å². The highest BCUT2D eigenvalue weighted by atomic mass is 32.2. The lowest BCUT2D eigenvalue weighted by Crippen LogP contribution is -2.46. The molecule has 0 bridgehead atoms. The summed E-state index contributed by atoms with van der Waals surface area (Å²) in [4.78, 5) is 18.4. The first-order chi connectivity index (χ1) is 13.6. The first-order valence-electron chi connectivity index (χ1n) is 9.75. The number of fused-ring (bicyclic) bond motifs is 1. The minimum Gasteiger partial charge on any atom is -0.371 e. The molecule has 2 aliphatic heterocycles. The monoisotopic (exact) mass is 400 g/mol. The summed E-state index contributed by atoms with van der Waals surface area (Å²) < 4.78 is 19.0. The van der Waals surface area contributed by atoms with Crippen molar-refractivity contribution in [2.75, 3.05) is 37.7 Å². The van der Waals surface area contributed by atoms with Crippen molar-refractivity contribution >= 4 is 23.4 Å². The second-order valence-corrected chi connectivity index (χ2v) is 8.86. The van der Waals surface area contributed by atoms with E-state index in [1.54, 1.807) is 12.1 Å². The molecule has 0 N–H and O–H groups in total. The summed E-state index contributed by atoms with van der Waals surface area (Å²) in [7, 11) is 0. The van der Waals surface area contributed by atoms with Crippen LogP contribution in [-0.4, -0.2) is 48.8 Å². The SMILES string of the molecule is CC1CCN(C(=O)CN2CCOC(c3ccc(F)cc3)C2)c2ccccc2S1. The van der Waals surface area contributed by atoms with Gasteiger partial charge in [0.25, 0.3) is 0 Å². The molecule has 4 rings (SSSR count). The molecule has 2 unspecified atom stereocenters. The number of benzene rings is 2. The second kappa shape index (κ2) is 8.64. The predicted octanol–water partition coefficient (Wildman–Crippen LogP) is 4.12. The summed E-state index contributed by atoms with van der Waals surface area (Å²) in [6.07, 6.45) is 0.848. The molecule has 4 nitrogen and oxygen atoms in total. The lowest BCUT2D eigenvalue weighted by atomic mass is 10.1. The maximum atomic E-state index is 13.2. The Morgan fingerprint density at radius 2 is 1.96 bits per heavy atom. The number of amides is 1. The zero-order valence-electron chi connectivity index (χ0n) is 16.0. The quantitative estimate of drug-likeness (QED) is 0.776. The average Bonchev–Trinajstić information content (AvgIpc) is 2.87. The molecule has 148 valence electrons. The molecule has 2 heterocycles. The van der Waals surface area contributed by atoms with Crippen LogP contribution in [-0.2, 0) is 9.53 Å². The number of carbonyl (C=O) groups excluding carboxylic acids is 1. The standard InChI is InChI=1S/C22H25FN2O2S/c1-16-10-11-25(19-4-2-3-5-21(19)28-16)22(26)15-24-12-13-27-20(14-24)17-6-8-18(23)9-7-17/h2-9,16,20H,10-15H2,1H3. The summed E-state index contributed by atoms with van der Waals surface area (Å²) in [6.45, 7) is 5.26. The Morgan fingerprint density at radius 1 is 1.18 bits per heavy atom. The van der Waals surface area contributed by atoms with Crippen LogP contribution < -0.4 is 4.90 Å². The van der Waals surface area contributed by atoms with Gasteiger partial charge in [-0.05, 0) is 36.2 Å². The molecule has 2 aliphatic rings. The number of carbonyl (C=O) groups is 1. The summed E-state index contributed by atoms with van der Waals surface area (Å²) >= 11 is 1.84. The number of hydrogen-bond donors (Lipinski definition) is 0. The molecule has 0 radical (unpaired) electrons. The van der Waals surface area contributed by atoms with E-state index < -0.39 is 0 Å². The first-order valence-corrected chi connectivity index (χ1v) is 10.6. The molecule has 2 atom stereocenters. The zero-order chi connectivity index (χ0) is 19.5. The normalized spacial score (nSPS) is 23.1. The summed E-state index contributed by atoms with van der Waals surface area (Å²) in [6, 6.07) is 14.6. The lowest BCUT2D eigenvalue weighted by molar-refractivity contribution is -0.121. The van der Waals surface area contributed by atoms with Gasteiger partial charge >= 0.3 is 0 Å². The highest BCUT2D eigenvalue weighted by Gasteiger charge is 2.28. The molecule has 1 saturated heterocycles. The smallest absolute Gasteiger partial charge is 0.241 e. The lowest BCUT2D eigenvalue weighted by Gasteiger charge is -2.34. The van der Waals surface area contributed by atoms with Crippen molar-refractivity contribution in [1.29, 1.82) is 0 Å². The number of halogens is 1. The number of rotatable bonds is 3. The van der Waals surface area contributed by atoms with Gasteiger partial charge in [0.2, 0.25) is 5.91 Å². The Kier molecular flexibility index (Phi) is 5.99. The van der Waals surface area contributed by atoms with Crippen LogP contribution in [0.5, 0.6) is 0 Å². The third-order valence-electron chi connectivity index (χ3n) is 5.30. The van der Waals surface area contributed by atoms with E-state index in [2.05, 4.69) is 17.9 Å². The van der Waals surface area contributed by atoms with Crippen molar-refractivity contribution in [3.63, 3.8) is 0 Å². The largest absolute Gasteiger partial charge is 0.371 e. The van der Waals surface area contributed by atoms with Gasteiger partial charge in [0.05, 0.1) is 24.9 Å². The van der Waals surface area contributed by atoms with Gasteiger partial charge in [-0.25, -0.2) is 4.39 Å². The fourth-order valence-electron chi connectivity index (χ4n) is 3.75. The highest BCUT2D eigenvalue weighted by Crippen LogP contribution is 2.37. The number of morpholine rings is 1. The number of nitrogens with zero attached hydrogens (tertiary/aromatic N) is 2. The first kappa shape index (κ1) is 19.4. The van der Waals surface area contributed by atoms with Crippen LogP contribution in [0.2, 0.25) is 0 Å². The molecule has 1 fully saturated rings. The van der Waals surface area contributed by atoms with Crippen molar-refractivity contribution in [2.24, 2.45) is 0 Å². The van der Waals surface area contributed by atoms with Gasteiger partial charge in [0.1, 0.15) is 5.82 Å². The topological polar surface area (TPSA) is 32.8 Å². The molecular weight excluding hydrogens is 375 g/mol. The van der Waals surface area contributed by atoms with Gasteiger partial charge in [-0.3, -0.25) is 9.69 Å². The van der Waals surface area contributed by atoms with Crippen molar-refractivity contribution < 1.29 is 13.9 Å². The third-order valence-corrected chi connectivity index (χ3v) is 6.53. The van der Waals surface area contributed by atoms with Crippen molar-refractivity contribution in [1.82, 2.24) is 4.90 Å². The van der Waals surface area contributed by atoms with Gasteiger partial charge in [-0.15, -0.1) is 11.8 Å². The fourth-order valence-corrected chi connectivity index (χ4v) is 4.86. The van der Waals surface area contributed by atoms with Crippen LogP contribution in [0.1, 0.15) is 25.0 Å². The Labute approximate surface area is 169 Å². The zero-order valence-corrected chi connectivity index (χ0v) is 16.8. The van der Waals surface area contributed by atoms with Crippen molar-refractivity contribution in [3.05, 3.63) is 59.9 Å². The van der Waals surface area contributed by atoms with E-state index >= 15 is 0 Å². The van der Waals surface area contributed by atoms with Gasteiger partial charge in [0.15, 0.2) is 0 Å². The van der Waals surface area contributed by atoms with Crippen molar-refractivity contribution in [2.45, 2.75) is 29.6 Å². The van der Waals surface area contributed by atoms with Gasteiger partial charge < -0.3 is 9.64 Å². The molecule has 0 aliphatic carbocycles.